The number of phosphoric ester groups is 1. The molecule has 0 rings (SSSR count). The Morgan fingerprint density at radius 3 is 0.935 bits per heavy atom. The summed E-state index contributed by atoms with van der Waals surface area (Å²) in [7, 11) is -3.40. The highest BCUT2D eigenvalue weighted by Gasteiger charge is 2.26. The van der Waals surface area contributed by atoms with Crippen LogP contribution < -0.4 is 0 Å². The van der Waals surface area contributed by atoms with Gasteiger partial charge in [0.2, 0.25) is 0 Å². The van der Waals surface area contributed by atoms with Crippen LogP contribution in [0.3, 0.4) is 0 Å². The first-order valence-electron chi connectivity index (χ1n) is 12.9. The number of rotatable bonds is 24. The fourth-order valence-corrected chi connectivity index (χ4v) is 4.57. The maximum Gasteiger partial charge on any atom is 0.474 e. The van der Waals surface area contributed by atoms with Crippen LogP contribution in [0.4, 0.5) is 0 Å². The summed E-state index contributed by atoms with van der Waals surface area (Å²) in [6.07, 6.45) is 21.3. The highest BCUT2D eigenvalue weighted by molar-refractivity contribution is 7.48. The van der Waals surface area contributed by atoms with E-state index in [1.54, 1.807) is 0 Å². The molecule has 0 aliphatic rings. The molecule has 0 radical (unpaired) electrons. The third kappa shape index (κ3) is 26.2. The van der Waals surface area contributed by atoms with Crippen molar-refractivity contribution in [1.82, 2.24) is 0 Å². The van der Waals surface area contributed by atoms with Crippen LogP contribution in [0.25, 0.3) is 0 Å². The zero-order chi connectivity index (χ0) is 23.5. The SMILES string of the molecule is CCCCCCCCOP(=O)(OCCCCCCCC)OCCCCCCCC.OO. The van der Waals surface area contributed by atoms with Crippen LogP contribution in [0, 0.1) is 0 Å². The summed E-state index contributed by atoms with van der Waals surface area (Å²) in [4.78, 5) is 0. The van der Waals surface area contributed by atoms with Crippen molar-refractivity contribution in [3.63, 3.8) is 0 Å². The van der Waals surface area contributed by atoms with Crippen LogP contribution in [0.15, 0.2) is 0 Å². The van der Waals surface area contributed by atoms with Crippen molar-refractivity contribution < 1.29 is 28.7 Å². The van der Waals surface area contributed by atoms with Gasteiger partial charge in [-0.2, -0.15) is 0 Å². The van der Waals surface area contributed by atoms with E-state index in [-0.39, 0.29) is 0 Å². The highest BCUT2D eigenvalue weighted by atomic mass is 31.2. The molecule has 7 heteroatoms. The monoisotopic (exact) mass is 468 g/mol. The summed E-state index contributed by atoms with van der Waals surface area (Å²) in [6.45, 7) is 8.08. The molecule has 0 aliphatic heterocycles. The van der Waals surface area contributed by atoms with E-state index in [2.05, 4.69) is 20.8 Å². The summed E-state index contributed by atoms with van der Waals surface area (Å²) in [5.41, 5.74) is 0. The zero-order valence-electron chi connectivity index (χ0n) is 20.8. The normalized spacial score (nSPS) is 11.4. The molecule has 0 spiro atoms. The van der Waals surface area contributed by atoms with Gasteiger partial charge in [-0.15, -0.1) is 0 Å². The van der Waals surface area contributed by atoms with Crippen molar-refractivity contribution in [3.05, 3.63) is 0 Å². The van der Waals surface area contributed by atoms with Gasteiger partial charge in [0.15, 0.2) is 0 Å². The minimum Gasteiger partial charge on any atom is -0.287 e. The first-order chi connectivity index (χ1) is 15.2. The average Bonchev–Trinajstić information content (AvgIpc) is 2.79. The second-order valence-corrected chi connectivity index (χ2v) is 9.92. The van der Waals surface area contributed by atoms with Crippen molar-refractivity contribution in [2.24, 2.45) is 0 Å². The summed E-state index contributed by atoms with van der Waals surface area (Å²) in [6, 6.07) is 0. The molecule has 0 aromatic rings. The van der Waals surface area contributed by atoms with Crippen LogP contribution in [0.1, 0.15) is 136 Å². The van der Waals surface area contributed by atoms with Crippen LogP contribution >= 0.6 is 7.82 Å². The summed E-state index contributed by atoms with van der Waals surface area (Å²) in [5, 5.41) is 12.0. The number of unbranched alkanes of at least 4 members (excludes halogenated alkanes) is 15. The number of hydrogen-bond acceptors (Lipinski definition) is 6. The van der Waals surface area contributed by atoms with Crippen LogP contribution in [0.2, 0.25) is 0 Å². The third-order valence-corrected chi connectivity index (χ3v) is 6.74. The molecule has 0 saturated carbocycles. The first-order valence-corrected chi connectivity index (χ1v) is 14.4. The lowest BCUT2D eigenvalue weighted by Crippen LogP contribution is -2.04. The Hall–Kier alpha value is 0.0300. The maximum atomic E-state index is 13.0. The van der Waals surface area contributed by atoms with Gasteiger partial charge >= 0.3 is 7.82 Å². The molecular formula is C24H53O6P. The predicted octanol–water partition coefficient (Wildman–Crippen LogP) is 9.24. The van der Waals surface area contributed by atoms with Gasteiger partial charge in [0.1, 0.15) is 0 Å². The minimum absolute atomic E-state index is 0.469. The molecule has 0 aliphatic carbocycles. The molecule has 0 bridgehead atoms. The standard InChI is InChI=1S/C24H51O4P.H2O2/c1-4-7-10-13-16-19-22-26-29(25,27-23-20-17-14-11-8-5-2)28-24-21-18-15-12-9-6-3;1-2/h4-24H2,1-3H3;1-2H. The molecule has 0 fully saturated rings. The number of phosphoric acid groups is 1. The Morgan fingerprint density at radius 2 is 0.677 bits per heavy atom. The molecule has 0 heterocycles. The second-order valence-electron chi connectivity index (χ2n) is 8.25. The minimum atomic E-state index is -3.40. The first kappa shape index (κ1) is 33.2. The fraction of sp³-hybridized carbons (Fsp3) is 1.00. The topological polar surface area (TPSA) is 85.2 Å². The van der Waals surface area contributed by atoms with Crippen LogP contribution in [0.5, 0.6) is 0 Å². The van der Waals surface area contributed by atoms with E-state index in [1.165, 1.54) is 77.0 Å². The molecule has 31 heavy (non-hydrogen) atoms. The van der Waals surface area contributed by atoms with E-state index < -0.39 is 7.82 Å². The molecule has 0 atom stereocenters. The molecule has 0 aromatic heterocycles. The van der Waals surface area contributed by atoms with Gasteiger partial charge < -0.3 is 0 Å². The van der Waals surface area contributed by atoms with Gasteiger partial charge in [-0.1, -0.05) is 117 Å². The van der Waals surface area contributed by atoms with E-state index in [9.17, 15) is 4.57 Å². The van der Waals surface area contributed by atoms with Gasteiger partial charge in [-0.05, 0) is 19.3 Å². The molecule has 0 aromatic carbocycles. The van der Waals surface area contributed by atoms with Gasteiger partial charge in [-0.25, -0.2) is 4.57 Å². The third-order valence-electron chi connectivity index (χ3n) is 5.24. The quantitative estimate of drug-likeness (QED) is 0.0635. The van der Waals surface area contributed by atoms with Crippen molar-refractivity contribution in [2.45, 2.75) is 136 Å². The smallest absolute Gasteiger partial charge is 0.287 e. The summed E-state index contributed by atoms with van der Waals surface area (Å²) < 4.78 is 29.9. The predicted molar refractivity (Wildman–Crippen MR) is 131 cm³/mol. The second kappa shape index (κ2) is 28.1. The zero-order valence-corrected chi connectivity index (χ0v) is 21.7. The molecule has 0 amide bonds. The number of hydrogen-bond donors (Lipinski definition) is 2. The van der Waals surface area contributed by atoms with Gasteiger partial charge in [-0.3, -0.25) is 24.1 Å². The van der Waals surface area contributed by atoms with Crippen molar-refractivity contribution in [3.8, 4) is 0 Å². The Bertz CT molecular complexity index is 316. The average molecular weight is 469 g/mol. The lowest BCUT2D eigenvalue weighted by Gasteiger charge is -2.18. The Balaban J connectivity index is 0. The fourth-order valence-electron chi connectivity index (χ4n) is 3.29. The Morgan fingerprint density at radius 1 is 0.452 bits per heavy atom. The van der Waals surface area contributed by atoms with E-state index in [4.69, 9.17) is 24.1 Å². The lowest BCUT2D eigenvalue weighted by atomic mass is 10.1. The summed E-state index contributed by atoms with van der Waals surface area (Å²) in [5.74, 6) is 0. The molecule has 190 valence electrons. The molecule has 2 N–H and O–H groups in total. The maximum absolute atomic E-state index is 13.0. The molecule has 0 unspecified atom stereocenters. The van der Waals surface area contributed by atoms with Gasteiger partial charge in [0, 0.05) is 0 Å². The van der Waals surface area contributed by atoms with Crippen molar-refractivity contribution >= 4 is 7.82 Å². The molecular weight excluding hydrogens is 415 g/mol. The van der Waals surface area contributed by atoms with E-state index in [1.807, 2.05) is 0 Å². The van der Waals surface area contributed by atoms with E-state index >= 15 is 0 Å². The van der Waals surface area contributed by atoms with Gasteiger partial charge in [0.25, 0.3) is 0 Å². The largest absolute Gasteiger partial charge is 0.474 e. The van der Waals surface area contributed by atoms with E-state index in [0.717, 1.165) is 38.5 Å². The molecule has 0 saturated heterocycles. The lowest BCUT2D eigenvalue weighted by molar-refractivity contribution is -0.176. The Labute approximate surface area is 193 Å². The van der Waals surface area contributed by atoms with Crippen LogP contribution in [-0.4, -0.2) is 30.3 Å². The van der Waals surface area contributed by atoms with Crippen LogP contribution in [-0.2, 0) is 18.1 Å². The van der Waals surface area contributed by atoms with Gasteiger partial charge in [0.05, 0.1) is 19.8 Å². The Kier molecular flexibility index (Phi) is 30.1. The highest BCUT2D eigenvalue weighted by Crippen LogP contribution is 2.50. The van der Waals surface area contributed by atoms with E-state index in [0.29, 0.717) is 19.8 Å². The van der Waals surface area contributed by atoms with Crippen molar-refractivity contribution in [2.75, 3.05) is 19.8 Å². The summed E-state index contributed by atoms with van der Waals surface area (Å²) >= 11 is 0. The van der Waals surface area contributed by atoms with Crippen molar-refractivity contribution in [1.29, 1.82) is 0 Å². The molecule has 6 nitrogen and oxygen atoms in total.